The maximum atomic E-state index is 11.9. The van der Waals surface area contributed by atoms with Crippen molar-refractivity contribution in [2.45, 2.75) is 4.90 Å². The summed E-state index contributed by atoms with van der Waals surface area (Å²) in [6, 6.07) is 4.75. The van der Waals surface area contributed by atoms with E-state index in [1.54, 1.807) is 0 Å². The third-order valence-electron chi connectivity index (χ3n) is 2.07. The van der Waals surface area contributed by atoms with Gasteiger partial charge in [0.15, 0.2) is 0 Å². The van der Waals surface area contributed by atoms with Gasteiger partial charge in [0.1, 0.15) is 0 Å². The highest BCUT2D eigenvalue weighted by molar-refractivity contribution is 7.92. The van der Waals surface area contributed by atoms with E-state index in [9.17, 15) is 18.5 Å². The van der Waals surface area contributed by atoms with Gasteiger partial charge in [-0.2, -0.15) is 0 Å². The summed E-state index contributed by atoms with van der Waals surface area (Å²) >= 11 is 0. The van der Waals surface area contributed by atoms with Crippen molar-refractivity contribution < 1.29 is 13.3 Å². The van der Waals surface area contributed by atoms with E-state index in [4.69, 9.17) is 0 Å². The molecule has 0 radical (unpaired) electrons. The highest BCUT2D eigenvalue weighted by atomic mass is 32.2. The molecule has 0 fully saturated rings. The van der Waals surface area contributed by atoms with Crippen LogP contribution in [0.4, 0.5) is 11.6 Å². The van der Waals surface area contributed by atoms with E-state index in [1.165, 1.54) is 30.6 Å². The smallest absolute Gasteiger partial charge is 0.270 e. The molecule has 0 saturated carbocycles. The molecule has 2 rings (SSSR count). The predicted octanol–water partition coefficient (Wildman–Crippen LogP) is 1.12. The molecule has 0 bridgehead atoms. The van der Waals surface area contributed by atoms with E-state index in [0.29, 0.717) is 0 Å². The molecule has 2 aromatic rings. The van der Waals surface area contributed by atoms with Crippen molar-refractivity contribution in [3.05, 3.63) is 46.8 Å². The van der Waals surface area contributed by atoms with Crippen LogP contribution in [0.3, 0.4) is 0 Å². The largest absolute Gasteiger partial charge is 0.330 e. The lowest BCUT2D eigenvalue weighted by Crippen LogP contribution is -2.14. The number of imidazole rings is 1. The van der Waals surface area contributed by atoms with Gasteiger partial charge in [-0.25, -0.2) is 18.1 Å². The predicted molar refractivity (Wildman–Crippen MR) is 62.5 cm³/mol. The number of hydrogen-bond donors (Lipinski definition) is 2. The minimum Gasteiger partial charge on any atom is -0.330 e. The number of nitrogens with zero attached hydrogens (tertiary/aromatic N) is 2. The number of rotatable bonds is 4. The molecule has 0 amide bonds. The molecule has 0 aliphatic carbocycles. The molecule has 1 aromatic carbocycles. The zero-order chi connectivity index (χ0) is 13.2. The molecule has 0 atom stereocenters. The van der Waals surface area contributed by atoms with Crippen molar-refractivity contribution in [3.63, 3.8) is 0 Å². The number of anilines is 1. The van der Waals surface area contributed by atoms with Crippen LogP contribution >= 0.6 is 0 Å². The van der Waals surface area contributed by atoms with Gasteiger partial charge >= 0.3 is 0 Å². The molecule has 9 heteroatoms. The van der Waals surface area contributed by atoms with E-state index in [1.807, 2.05) is 0 Å². The molecule has 94 valence electrons. The normalized spacial score (nSPS) is 11.1. The van der Waals surface area contributed by atoms with Crippen molar-refractivity contribution in [1.82, 2.24) is 9.97 Å². The Hall–Kier alpha value is -2.42. The lowest BCUT2D eigenvalue weighted by atomic mass is 10.3. The van der Waals surface area contributed by atoms with E-state index in [-0.39, 0.29) is 16.5 Å². The molecular weight excluding hydrogens is 260 g/mol. The molecule has 18 heavy (non-hydrogen) atoms. The average molecular weight is 268 g/mol. The van der Waals surface area contributed by atoms with E-state index >= 15 is 0 Å². The third-order valence-corrected chi connectivity index (χ3v) is 3.40. The zero-order valence-electron chi connectivity index (χ0n) is 8.90. The van der Waals surface area contributed by atoms with Crippen LogP contribution in [0.5, 0.6) is 0 Å². The van der Waals surface area contributed by atoms with Gasteiger partial charge in [0, 0.05) is 24.5 Å². The fourth-order valence-electron chi connectivity index (χ4n) is 1.27. The van der Waals surface area contributed by atoms with Gasteiger partial charge in [0.05, 0.1) is 9.82 Å². The number of aromatic nitrogens is 2. The summed E-state index contributed by atoms with van der Waals surface area (Å²) < 4.78 is 25.9. The van der Waals surface area contributed by atoms with Crippen LogP contribution in [0.2, 0.25) is 0 Å². The summed E-state index contributed by atoms with van der Waals surface area (Å²) in [4.78, 5) is 16.0. The minimum absolute atomic E-state index is 0.0431. The molecular formula is C9H8N4O4S. The number of nitrogens with one attached hydrogen (secondary N) is 2. The summed E-state index contributed by atoms with van der Waals surface area (Å²) in [6.07, 6.45) is 2.83. The number of nitro benzene ring substituents is 1. The van der Waals surface area contributed by atoms with Crippen LogP contribution in [0, 0.1) is 10.1 Å². The summed E-state index contributed by atoms with van der Waals surface area (Å²) in [5, 5.41) is 10.6. The first-order valence-corrected chi connectivity index (χ1v) is 6.24. The second-order valence-corrected chi connectivity index (χ2v) is 4.98. The first kappa shape index (κ1) is 12.0. The van der Waals surface area contributed by atoms with Crippen LogP contribution in [0.1, 0.15) is 0 Å². The molecule has 1 heterocycles. The molecule has 1 aromatic heterocycles. The van der Waals surface area contributed by atoms with Crippen LogP contribution < -0.4 is 4.72 Å². The third kappa shape index (κ3) is 2.46. The van der Waals surface area contributed by atoms with Crippen molar-refractivity contribution >= 4 is 21.7 Å². The van der Waals surface area contributed by atoms with Gasteiger partial charge in [0.2, 0.25) is 5.95 Å². The molecule has 0 spiro atoms. The molecule has 8 nitrogen and oxygen atoms in total. The molecule has 0 saturated heterocycles. The van der Waals surface area contributed by atoms with Crippen LogP contribution in [-0.4, -0.2) is 23.3 Å². The van der Waals surface area contributed by atoms with E-state index in [0.717, 1.165) is 6.07 Å². The summed E-state index contributed by atoms with van der Waals surface area (Å²) in [5.41, 5.74) is -0.294. The highest BCUT2D eigenvalue weighted by Crippen LogP contribution is 2.18. The molecule has 2 N–H and O–H groups in total. The Morgan fingerprint density at radius 1 is 1.39 bits per heavy atom. The summed E-state index contributed by atoms with van der Waals surface area (Å²) in [7, 11) is -3.89. The topological polar surface area (TPSA) is 118 Å². The second kappa shape index (κ2) is 4.45. The second-order valence-electron chi connectivity index (χ2n) is 3.30. The quantitative estimate of drug-likeness (QED) is 0.636. The maximum Gasteiger partial charge on any atom is 0.270 e. The fraction of sp³-hybridized carbons (Fsp3) is 0. The average Bonchev–Trinajstić information content (AvgIpc) is 2.81. The number of benzene rings is 1. The van der Waals surface area contributed by atoms with Crippen molar-refractivity contribution in [1.29, 1.82) is 0 Å². The van der Waals surface area contributed by atoms with Crippen LogP contribution in [-0.2, 0) is 10.0 Å². The van der Waals surface area contributed by atoms with Gasteiger partial charge in [-0.15, -0.1) is 0 Å². The van der Waals surface area contributed by atoms with Gasteiger partial charge in [-0.3, -0.25) is 10.1 Å². The summed E-state index contributed by atoms with van der Waals surface area (Å²) in [5.74, 6) is 0.0431. The number of non-ortho nitro benzene ring substituents is 1. The Kier molecular flexibility index (Phi) is 2.98. The lowest BCUT2D eigenvalue weighted by molar-refractivity contribution is -0.385. The molecule has 0 unspecified atom stereocenters. The minimum atomic E-state index is -3.89. The SMILES string of the molecule is O=[N+]([O-])c1cccc(S(=O)(=O)Nc2ncc[nH]2)c1. The van der Waals surface area contributed by atoms with Crippen molar-refractivity contribution in [2.75, 3.05) is 4.72 Å². The Bertz CT molecular complexity index is 666. The number of hydrogen-bond acceptors (Lipinski definition) is 5. The van der Waals surface area contributed by atoms with Crippen molar-refractivity contribution in [2.24, 2.45) is 0 Å². The molecule has 0 aliphatic heterocycles. The zero-order valence-corrected chi connectivity index (χ0v) is 9.72. The van der Waals surface area contributed by atoms with Gasteiger partial charge < -0.3 is 4.98 Å². The fourth-order valence-corrected chi connectivity index (χ4v) is 2.29. The monoisotopic (exact) mass is 268 g/mol. The van der Waals surface area contributed by atoms with Gasteiger partial charge in [-0.05, 0) is 6.07 Å². The van der Waals surface area contributed by atoms with Crippen LogP contribution in [0.15, 0.2) is 41.6 Å². The highest BCUT2D eigenvalue weighted by Gasteiger charge is 2.18. The Morgan fingerprint density at radius 3 is 2.78 bits per heavy atom. The Labute approximate surface area is 102 Å². The van der Waals surface area contributed by atoms with Gasteiger partial charge in [0.25, 0.3) is 15.7 Å². The Morgan fingerprint density at radius 2 is 2.17 bits per heavy atom. The van der Waals surface area contributed by atoms with Crippen LogP contribution in [0.25, 0.3) is 0 Å². The maximum absolute atomic E-state index is 11.9. The first-order chi connectivity index (χ1) is 8.49. The molecule has 0 aliphatic rings. The summed E-state index contributed by atoms with van der Waals surface area (Å²) in [6.45, 7) is 0. The van der Waals surface area contributed by atoms with Gasteiger partial charge in [-0.1, -0.05) is 6.07 Å². The number of sulfonamides is 1. The number of aromatic amines is 1. The van der Waals surface area contributed by atoms with E-state index < -0.39 is 14.9 Å². The van der Waals surface area contributed by atoms with Crippen molar-refractivity contribution in [3.8, 4) is 0 Å². The first-order valence-electron chi connectivity index (χ1n) is 4.76. The number of nitro groups is 1. The van der Waals surface area contributed by atoms with E-state index in [2.05, 4.69) is 14.7 Å². The number of H-pyrrole nitrogens is 1. The Balaban J connectivity index is 2.35. The standard InChI is InChI=1S/C9H8N4O4S/c14-13(15)7-2-1-3-8(6-7)18(16,17)12-9-10-4-5-11-9/h1-6H,(H2,10,11,12). The lowest BCUT2D eigenvalue weighted by Gasteiger charge is -2.04.